The Morgan fingerprint density at radius 1 is 0.857 bits per heavy atom. The van der Waals surface area contributed by atoms with Crippen molar-refractivity contribution < 1.29 is 19.5 Å². The highest BCUT2D eigenvalue weighted by Crippen LogP contribution is 2.06. The number of hydrogen-bond donors (Lipinski definition) is 4. The Hall–Kier alpha value is -3.19. The van der Waals surface area contributed by atoms with Gasteiger partial charge in [-0.1, -0.05) is 60.7 Å². The molecular formula is C21H25N3O4. The highest BCUT2D eigenvalue weighted by Gasteiger charge is 2.26. The summed E-state index contributed by atoms with van der Waals surface area (Å²) in [6.07, 6.45) is 0.556. The molecule has 7 nitrogen and oxygen atoms in total. The predicted molar refractivity (Wildman–Crippen MR) is 105 cm³/mol. The number of carboxylic acid groups (broad SMARTS) is 1. The second kappa shape index (κ2) is 10.2. The van der Waals surface area contributed by atoms with Gasteiger partial charge in [0.05, 0.1) is 6.04 Å². The van der Waals surface area contributed by atoms with Crippen LogP contribution in [0.3, 0.4) is 0 Å². The fourth-order valence-electron chi connectivity index (χ4n) is 2.67. The van der Waals surface area contributed by atoms with Crippen LogP contribution in [0.25, 0.3) is 0 Å². The molecule has 3 atom stereocenters. The Morgan fingerprint density at radius 2 is 1.36 bits per heavy atom. The Kier molecular flexibility index (Phi) is 7.71. The van der Waals surface area contributed by atoms with Crippen LogP contribution in [-0.4, -0.2) is 41.0 Å². The number of nitrogens with two attached hydrogens (primary N) is 1. The lowest BCUT2D eigenvalue weighted by Gasteiger charge is -2.22. The first kappa shape index (κ1) is 21.1. The zero-order valence-electron chi connectivity index (χ0n) is 15.7. The zero-order valence-corrected chi connectivity index (χ0v) is 15.7. The molecule has 0 radical (unpaired) electrons. The third kappa shape index (κ3) is 6.51. The Balaban J connectivity index is 2.07. The lowest BCUT2D eigenvalue weighted by molar-refractivity contribution is -0.141. The van der Waals surface area contributed by atoms with Crippen LogP contribution in [0.4, 0.5) is 0 Å². The molecule has 0 bridgehead atoms. The van der Waals surface area contributed by atoms with Gasteiger partial charge in [0.1, 0.15) is 12.1 Å². The standard InChI is InChI=1S/C21H25N3O4/c1-14(21(27)28)23-20(26)18(13-16-10-6-3-7-11-16)24-19(25)17(22)12-15-8-4-2-5-9-15/h2-11,14,17-18H,12-13,22H2,1H3,(H,23,26)(H,24,25)(H,27,28). The summed E-state index contributed by atoms with van der Waals surface area (Å²) in [6, 6.07) is 15.7. The van der Waals surface area contributed by atoms with Crippen LogP contribution in [0.5, 0.6) is 0 Å². The van der Waals surface area contributed by atoms with Gasteiger partial charge in [0, 0.05) is 6.42 Å². The van der Waals surface area contributed by atoms with E-state index in [0.717, 1.165) is 11.1 Å². The van der Waals surface area contributed by atoms with Gasteiger partial charge in [-0.15, -0.1) is 0 Å². The summed E-state index contributed by atoms with van der Waals surface area (Å²) in [5, 5.41) is 14.1. The number of aliphatic carboxylic acids is 1. The van der Waals surface area contributed by atoms with E-state index in [0.29, 0.717) is 6.42 Å². The summed E-state index contributed by atoms with van der Waals surface area (Å²) in [5.41, 5.74) is 7.75. The monoisotopic (exact) mass is 383 g/mol. The molecule has 0 aliphatic heterocycles. The van der Waals surface area contributed by atoms with Crippen LogP contribution >= 0.6 is 0 Å². The highest BCUT2D eigenvalue weighted by molar-refractivity contribution is 5.91. The number of carbonyl (C=O) groups is 3. The lowest BCUT2D eigenvalue weighted by atomic mass is 10.0. The van der Waals surface area contributed by atoms with E-state index in [-0.39, 0.29) is 6.42 Å². The lowest BCUT2D eigenvalue weighted by Crippen LogP contribution is -2.55. The van der Waals surface area contributed by atoms with Crippen molar-refractivity contribution in [3.63, 3.8) is 0 Å². The molecule has 148 valence electrons. The van der Waals surface area contributed by atoms with Crippen LogP contribution in [0.1, 0.15) is 18.1 Å². The van der Waals surface area contributed by atoms with Crippen LogP contribution in [0.15, 0.2) is 60.7 Å². The summed E-state index contributed by atoms with van der Waals surface area (Å²) in [4.78, 5) is 36.1. The SMILES string of the molecule is CC(NC(=O)C(Cc1ccccc1)NC(=O)C(N)Cc1ccccc1)C(=O)O. The average molecular weight is 383 g/mol. The Labute approximate surface area is 163 Å². The molecule has 0 aliphatic rings. The van der Waals surface area contributed by atoms with Gasteiger partial charge in [-0.25, -0.2) is 0 Å². The van der Waals surface area contributed by atoms with E-state index in [9.17, 15) is 14.4 Å². The summed E-state index contributed by atoms with van der Waals surface area (Å²) >= 11 is 0. The molecule has 28 heavy (non-hydrogen) atoms. The molecule has 0 aliphatic carbocycles. The first-order valence-electron chi connectivity index (χ1n) is 9.04. The molecule has 2 aromatic rings. The van der Waals surface area contributed by atoms with E-state index in [2.05, 4.69) is 10.6 Å². The largest absolute Gasteiger partial charge is 0.480 e. The van der Waals surface area contributed by atoms with Gasteiger partial charge in [0.25, 0.3) is 0 Å². The van der Waals surface area contributed by atoms with Crippen molar-refractivity contribution in [2.24, 2.45) is 5.73 Å². The number of amides is 2. The summed E-state index contributed by atoms with van der Waals surface area (Å²) in [6.45, 7) is 1.36. The number of carboxylic acids is 1. The minimum atomic E-state index is -1.15. The van der Waals surface area contributed by atoms with Crippen LogP contribution in [-0.2, 0) is 27.2 Å². The summed E-state index contributed by atoms with van der Waals surface area (Å²) < 4.78 is 0. The molecule has 2 rings (SSSR count). The Bertz CT molecular complexity index is 796. The summed E-state index contributed by atoms with van der Waals surface area (Å²) in [5.74, 6) is -2.19. The summed E-state index contributed by atoms with van der Waals surface area (Å²) in [7, 11) is 0. The van der Waals surface area contributed by atoms with E-state index in [1.165, 1.54) is 6.92 Å². The van der Waals surface area contributed by atoms with Gasteiger partial charge in [-0.3, -0.25) is 14.4 Å². The molecular weight excluding hydrogens is 358 g/mol. The minimum Gasteiger partial charge on any atom is -0.480 e. The molecule has 0 aromatic heterocycles. The fourth-order valence-corrected chi connectivity index (χ4v) is 2.67. The first-order valence-corrected chi connectivity index (χ1v) is 9.04. The normalized spacial score (nSPS) is 13.8. The molecule has 0 saturated heterocycles. The van der Waals surface area contributed by atoms with Crippen molar-refractivity contribution in [1.82, 2.24) is 10.6 Å². The van der Waals surface area contributed by atoms with Crippen LogP contribution < -0.4 is 16.4 Å². The van der Waals surface area contributed by atoms with Gasteiger partial charge >= 0.3 is 5.97 Å². The number of rotatable bonds is 9. The molecule has 2 aromatic carbocycles. The van der Waals surface area contributed by atoms with Crippen LogP contribution in [0.2, 0.25) is 0 Å². The van der Waals surface area contributed by atoms with Crippen molar-refractivity contribution >= 4 is 17.8 Å². The van der Waals surface area contributed by atoms with E-state index >= 15 is 0 Å². The molecule has 0 heterocycles. The smallest absolute Gasteiger partial charge is 0.325 e. The number of nitrogens with one attached hydrogen (secondary N) is 2. The number of hydrogen-bond acceptors (Lipinski definition) is 4. The van der Waals surface area contributed by atoms with Crippen LogP contribution in [0, 0.1) is 0 Å². The van der Waals surface area contributed by atoms with Crippen molar-refractivity contribution in [2.45, 2.75) is 37.9 Å². The van der Waals surface area contributed by atoms with Gasteiger partial charge in [0.15, 0.2) is 0 Å². The predicted octanol–water partition coefficient (Wildman–Crippen LogP) is 0.873. The van der Waals surface area contributed by atoms with Crippen molar-refractivity contribution in [2.75, 3.05) is 0 Å². The minimum absolute atomic E-state index is 0.225. The second-order valence-electron chi connectivity index (χ2n) is 6.62. The quantitative estimate of drug-likeness (QED) is 0.512. The molecule has 0 spiro atoms. The molecule has 0 saturated carbocycles. The highest BCUT2D eigenvalue weighted by atomic mass is 16.4. The number of carbonyl (C=O) groups excluding carboxylic acids is 2. The van der Waals surface area contributed by atoms with Crippen molar-refractivity contribution in [3.8, 4) is 0 Å². The molecule has 7 heteroatoms. The fraction of sp³-hybridized carbons (Fsp3) is 0.286. The van der Waals surface area contributed by atoms with E-state index in [1.54, 1.807) is 0 Å². The number of benzene rings is 2. The van der Waals surface area contributed by atoms with Crippen molar-refractivity contribution in [1.29, 1.82) is 0 Å². The third-order valence-corrected chi connectivity index (χ3v) is 4.28. The van der Waals surface area contributed by atoms with Gasteiger partial charge in [0.2, 0.25) is 11.8 Å². The van der Waals surface area contributed by atoms with Gasteiger partial charge in [-0.05, 0) is 24.5 Å². The van der Waals surface area contributed by atoms with E-state index < -0.39 is 35.9 Å². The maximum absolute atomic E-state index is 12.5. The second-order valence-corrected chi connectivity index (χ2v) is 6.62. The Morgan fingerprint density at radius 3 is 1.86 bits per heavy atom. The molecule has 0 fully saturated rings. The third-order valence-electron chi connectivity index (χ3n) is 4.28. The zero-order chi connectivity index (χ0) is 20.5. The molecule has 3 unspecified atom stereocenters. The first-order chi connectivity index (χ1) is 13.4. The van der Waals surface area contributed by atoms with Gasteiger partial charge < -0.3 is 21.5 Å². The molecule has 5 N–H and O–H groups in total. The van der Waals surface area contributed by atoms with Crippen molar-refractivity contribution in [3.05, 3.63) is 71.8 Å². The maximum atomic E-state index is 12.5. The topological polar surface area (TPSA) is 122 Å². The van der Waals surface area contributed by atoms with E-state index in [4.69, 9.17) is 10.8 Å². The molecule has 2 amide bonds. The van der Waals surface area contributed by atoms with E-state index in [1.807, 2.05) is 60.7 Å². The maximum Gasteiger partial charge on any atom is 0.325 e. The average Bonchev–Trinajstić information content (AvgIpc) is 2.68. The van der Waals surface area contributed by atoms with Gasteiger partial charge in [-0.2, -0.15) is 0 Å².